The second kappa shape index (κ2) is 3.52. The molecule has 1 fully saturated rings. The van der Waals surface area contributed by atoms with Crippen LogP contribution in [0.15, 0.2) is 16.5 Å². The Hall–Kier alpha value is -0.800. The Morgan fingerprint density at radius 2 is 2.31 bits per heavy atom. The predicted octanol–water partition coefficient (Wildman–Crippen LogP) is 1.17. The second-order valence-corrected chi connectivity index (χ2v) is 3.82. The third-order valence-corrected chi connectivity index (χ3v) is 2.54. The van der Waals surface area contributed by atoms with Crippen molar-refractivity contribution in [1.82, 2.24) is 5.32 Å². The lowest BCUT2D eigenvalue weighted by Crippen LogP contribution is -2.48. The van der Waals surface area contributed by atoms with Gasteiger partial charge in [-0.1, -0.05) is 0 Å². The fraction of sp³-hybridized carbons (Fsp3) is 0.600. The van der Waals surface area contributed by atoms with Crippen molar-refractivity contribution in [3.63, 3.8) is 0 Å². The molecule has 1 aromatic rings. The van der Waals surface area contributed by atoms with E-state index in [4.69, 9.17) is 10.2 Å². The Kier molecular flexibility index (Phi) is 2.38. The van der Waals surface area contributed by atoms with E-state index in [0.29, 0.717) is 12.1 Å². The maximum Gasteiger partial charge on any atom is 0.117 e. The zero-order valence-corrected chi connectivity index (χ0v) is 7.92. The Bertz CT molecular complexity index is 276. The minimum atomic E-state index is 0.413. The first-order valence-electron chi connectivity index (χ1n) is 4.78. The van der Waals surface area contributed by atoms with Crippen molar-refractivity contribution in [2.45, 2.75) is 38.4 Å². The van der Waals surface area contributed by atoms with Crippen LogP contribution in [-0.2, 0) is 6.54 Å². The number of aryl methyl sites for hydroxylation is 1. The highest BCUT2D eigenvalue weighted by molar-refractivity contribution is 5.05. The maximum absolute atomic E-state index is 5.68. The van der Waals surface area contributed by atoms with E-state index in [-0.39, 0.29) is 0 Å². The Balaban J connectivity index is 1.74. The molecule has 0 saturated heterocycles. The molecule has 0 aromatic carbocycles. The molecule has 0 unspecified atom stereocenters. The quantitative estimate of drug-likeness (QED) is 0.734. The minimum absolute atomic E-state index is 0.413. The van der Waals surface area contributed by atoms with Crippen molar-refractivity contribution in [3.8, 4) is 0 Å². The van der Waals surface area contributed by atoms with E-state index in [1.165, 1.54) is 0 Å². The highest BCUT2D eigenvalue weighted by Crippen LogP contribution is 2.18. The van der Waals surface area contributed by atoms with Gasteiger partial charge >= 0.3 is 0 Å². The van der Waals surface area contributed by atoms with Gasteiger partial charge in [0.2, 0.25) is 0 Å². The molecule has 1 aliphatic carbocycles. The SMILES string of the molecule is Cc1ccc(CNC2CC(N)C2)o1. The molecule has 1 saturated carbocycles. The number of furan rings is 1. The molecular weight excluding hydrogens is 164 g/mol. The molecule has 1 heterocycles. The molecule has 13 heavy (non-hydrogen) atoms. The number of hydrogen-bond acceptors (Lipinski definition) is 3. The van der Waals surface area contributed by atoms with Crippen molar-refractivity contribution >= 4 is 0 Å². The Labute approximate surface area is 78.3 Å². The van der Waals surface area contributed by atoms with Gasteiger partial charge in [-0.25, -0.2) is 0 Å². The zero-order chi connectivity index (χ0) is 9.26. The normalized spacial score (nSPS) is 27.2. The third-order valence-electron chi connectivity index (χ3n) is 2.54. The van der Waals surface area contributed by atoms with Crippen LogP contribution in [0.3, 0.4) is 0 Å². The van der Waals surface area contributed by atoms with Gasteiger partial charge in [0, 0.05) is 12.1 Å². The van der Waals surface area contributed by atoms with Crippen LogP contribution in [0.5, 0.6) is 0 Å². The van der Waals surface area contributed by atoms with Crippen molar-refractivity contribution in [3.05, 3.63) is 23.7 Å². The van der Waals surface area contributed by atoms with Gasteiger partial charge in [-0.2, -0.15) is 0 Å². The summed E-state index contributed by atoms with van der Waals surface area (Å²) in [6.45, 7) is 2.79. The summed E-state index contributed by atoms with van der Waals surface area (Å²) >= 11 is 0. The molecule has 1 aliphatic rings. The van der Waals surface area contributed by atoms with E-state index in [1.807, 2.05) is 19.1 Å². The molecule has 0 atom stereocenters. The van der Waals surface area contributed by atoms with Crippen LogP contribution in [-0.4, -0.2) is 12.1 Å². The van der Waals surface area contributed by atoms with Crippen LogP contribution >= 0.6 is 0 Å². The van der Waals surface area contributed by atoms with Gasteiger partial charge in [0.15, 0.2) is 0 Å². The molecule has 3 heteroatoms. The van der Waals surface area contributed by atoms with Crippen molar-refractivity contribution < 1.29 is 4.42 Å². The zero-order valence-electron chi connectivity index (χ0n) is 7.92. The first kappa shape index (κ1) is 8.78. The first-order chi connectivity index (χ1) is 6.24. The third kappa shape index (κ3) is 2.11. The van der Waals surface area contributed by atoms with E-state index in [0.717, 1.165) is 30.9 Å². The summed E-state index contributed by atoms with van der Waals surface area (Å²) in [7, 11) is 0. The van der Waals surface area contributed by atoms with E-state index in [9.17, 15) is 0 Å². The van der Waals surface area contributed by atoms with Crippen molar-refractivity contribution in [2.24, 2.45) is 5.73 Å². The highest BCUT2D eigenvalue weighted by atomic mass is 16.3. The fourth-order valence-electron chi connectivity index (χ4n) is 1.65. The monoisotopic (exact) mass is 180 g/mol. The standard InChI is InChI=1S/C10H16N2O/c1-7-2-3-10(13-7)6-12-9-4-8(11)5-9/h2-3,8-9,12H,4-6,11H2,1H3. The molecular formula is C10H16N2O. The first-order valence-corrected chi connectivity index (χ1v) is 4.78. The van der Waals surface area contributed by atoms with Crippen LogP contribution in [0, 0.1) is 6.92 Å². The lowest BCUT2D eigenvalue weighted by Gasteiger charge is -2.32. The van der Waals surface area contributed by atoms with E-state index in [1.54, 1.807) is 0 Å². The van der Waals surface area contributed by atoms with Crippen LogP contribution in [0.1, 0.15) is 24.4 Å². The van der Waals surface area contributed by atoms with Gasteiger partial charge in [0.05, 0.1) is 6.54 Å². The number of rotatable bonds is 3. The van der Waals surface area contributed by atoms with Crippen LogP contribution in [0.4, 0.5) is 0 Å². The van der Waals surface area contributed by atoms with E-state index < -0.39 is 0 Å². The Morgan fingerprint density at radius 3 is 2.85 bits per heavy atom. The predicted molar refractivity (Wildman–Crippen MR) is 51.3 cm³/mol. The van der Waals surface area contributed by atoms with Crippen LogP contribution in [0.25, 0.3) is 0 Å². The summed E-state index contributed by atoms with van der Waals surface area (Å²) in [4.78, 5) is 0. The number of nitrogens with one attached hydrogen (secondary N) is 1. The molecule has 1 aromatic heterocycles. The number of hydrogen-bond donors (Lipinski definition) is 2. The van der Waals surface area contributed by atoms with Crippen molar-refractivity contribution in [1.29, 1.82) is 0 Å². The highest BCUT2D eigenvalue weighted by Gasteiger charge is 2.25. The average Bonchev–Trinajstić information content (AvgIpc) is 2.43. The molecule has 0 radical (unpaired) electrons. The molecule has 3 nitrogen and oxygen atoms in total. The summed E-state index contributed by atoms with van der Waals surface area (Å²) in [6.07, 6.45) is 2.19. The van der Waals surface area contributed by atoms with Crippen LogP contribution in [0.2, 0.25) is 0 Å². The topological polar surface area (TPSA) is 51.2 Å². The average molecular weight is 180 g/mol. The molecule has 0 aliphatic heterocycles. The van der Waals surface area contributed by atoms with Gasteiger partial charge in [0.25, 0.3) is 0 Å². The smallest absolute Gasteiger partial charge is 0.117 e. The van der Waals surface area contributed by atoms with Gasteiger partial charge in [-0.3, -0.25) is 0 Å². The van der Waals surface area contributed by atoms with Gasteiger partial charge < -0.3 is 15.5 Å². The van der Waals surface area contributed by atoms with E-state index in [2.05, 4.69) is 5.32 Å². The van der Waals surface area contributed by atoms with Crippen molar-refractivity contribution in [2.75, 3.05) is 0 Å². The summed E-state index contributed by atoms with van der Waals surface area (Å²) in [5, 5.41) is 3.41. The second-order valence-electron chi connectivity index (χ2n) is 3.82. The minimum Gasteiger partial charge on any atom is -0.465 e. The summed E-state index contributed by atoms with van der Waals surface area (Å²) < 4.78 is 5.44. The molecule has 0 bridgehead atoms. The maximum atomic E-state index is 5.68. The lowest BCUT2D eigenvalue weighted by molar-refractivity contribution is 0.282. The molecule has 72 valence electrons. The largest absolute Gasteiger partial charge is 0.465 e. The lowest BCUT2D eigenvalue weighted by atomic mass is 9.88. The number of nitrogens with two attached hydrogens (primary N) is 1. The molecule has 3 N–H and O–H groups in total. The van der Waals surface area contributed by atoms with Gasteiger partial charge in [0.1, 0.15) is 11.5 Å². The van der Waals surface area contributed by atoms with Crippen LogP contribution < -0.4 is 11.1 Å². The molecule has 2 rings (SSSR count). The summed E-state index contributed by atoms with van der Waals surface area (Å²) in [6, 6.07) is 5.01. The van der Waals surface area contributed by atoms with E-state index >= 15 is 0 Å². The fourth-order valence-corrected chi connectivity index (χ4v) is 1.65. The summed E-state index contributed by atoms with van der Waals surface area (Å²) in [5.74, 6) is 1.99. The summed E-state index contributed by atoms with van der Waals surface area (Å²) in [5.41, 5.74) is 5.68. The molecule has 0 spiro atoms. The molecule has 0 amide bonds. The van der Waals surface area contributed by atoms with Gasteiger partial charge in [-0.05, 0) is 31.9 Å². The van der Waals surface area contributed by atoms with Gasteiger partial charge in [-0.15, -0.1) is 0 Å². The Morgan fingerprint density at radius 1 is 1.54 bits per heavy atom.